The molecule has 0 aliphatic heterocycles. The van der Waals surface area contributed by atoms with Gasteiger partial charge in [0.15, 0.2) is 0 Å². The van der Waals surface area contributed by atoms with Crippen molar-refractivity contribution in [2.75, 3.05) is 0 Å². The Hall–Kier alpha value is -0.297. The minimum Gasteiger partial charge on any atom is -0.521 e. The predicted octanol–water partition coefficient (Wildman–Crippen LogP) is 5.06. The molecule has 0 bridgehead atoms. The minimum atomic E-state index is 0. The van der Waals surface area contributed by atoms with Crippen LogP contribution in [0.1, 0.15) is 19.6 Å². The summed E-state index contributed by atoms with van der Waals surface area (Å²) in [4.78, 5) is 0. The van der Waals surface area contributed by atoms with E-state index in [1.54, 1.807) is 0 Å². The Morgan fingerprint density at radius 2 is 1.84 bits per heavy atom. The van der Waals surface area contributed by atoms with Crippen LogP contribution in [0.5, 0.6) is 0 Å². The fourth-order valence-corrected chi connectivity index (χ4v) is 2.07. The Labute approximate surface area is 145 Å². The molecule has 4 heteroatoms. The van der Waals surface area contributed by atoms with Gasteiger partial charge in [-0.1, -0.05) is 44.0 Å². The van der Waals surface area contributed by atoms with E-state index in [0.717, 1.165) is 16.7 Å². The van der Waals surface area contributed by atoms with Gasteiger partial charge in [-0.2, -0.15) is 17.7 Å². The van der Waals surface area contributed by atoms with Crippen LogP contribution in [0.25, 0.3) is 16.3 Å². The van der Waals surface area contributed by atoms with Gasteiger partial charge in [0.05, 0.1) is 6.26 Å². The molecule has 0 spiro atoms. The molecule has 1 atom stereocenters. The summed E-state index contributed by atoms with van der Waals surface area (Å²) in [6.45, 7) is 4.29. The smallest absolute Gasteiger partial charge is 0.0803 e. The van der Waals surface area contributed by atoms with E-state index in [4.69, 9.17) is 4.42 Å². The Balaban J connectivity index is 0.00000108. The second kappa shape index (κ2) is 7.48. The van der Waals surface area contributed by atoms with Gasteiger partial charge in [0.2, 0.25) is 0 Å². The van der Waals surface area contributed by atoms with E-state index in [1.165, 1.54) is 11.0 Å². The van der Waals surface area contributed by atoms with Crippen LogP contribution < -0.4 is 0 Å². The number of halogens is 2. The van der Waals surface area contributed by atoms with Crippen LogP contribution >= 0.6 is 24.8 Å². The second-order valence-corrected chi connectivity index (χ2v) is 4.32. The first kappa shape index (κ1) is 18.7. The molecule has 0 saturated carbocycles. The number of allylic oxidation sites excluding steroid dienone is 4. The number of furan rings is 1. The first-order chi connectivity index (χ1) is 7.75. The number of hydrogen-bond acceptors (Lipinski definition) is 1. The molecule has 0 N–H and O–H groups in total. The Kier molecular flexibility index (Phi) is 7.36. The van der Waals surface area contributed by atoms with Crippen molar-refractivity contribution in [3.63, 3.8) is 0 Å². The largest absolute Gasteiger partial charge is 0.521 e. The molecule has 0 saturated heterocycles. The molecular formula is C15H15Cl2OZr-. The molecule has 1 aliphatic rings. The fourth-order valence-electron chi connectivity index (χ4n) is 2.07. The topological polar surface area (TPSA) is 13.1 Å². The third-order valence-electron chi connectivity index (χ3n) is 3.18. The molecule has 2 aromatic rings. The number of rotatable bonds is 1. The number of fused-ring (bicyclic) bond motifs is 1. The first-order valence-corrected chi connectivity index (χ1v) is 5.54. The molecular weight excluding hydrogens is 358 g/mol. The van der Waals surface area contributed by atoms with Crippen molar-refractivity contribution in [3.05, 3.63) is 54.0 Å². The molecule has 1 aromatic heterocycles. The SMILES string of the molecule is CC1=CC(c2occ3ccccc23)=[C-]C1C.Cl.Cl.[Zr]. The van der Waals surface area contributed by atoms with Gasteiger partial charge in [0.25, 0.3) is 0 Å². The maximum atomic E-state index is 5.65. The van der Waals surface area contributed by atoms with E-state index in [-0.39, 0.29) is 51.0 Å². The van der Waals surface area contributed by atoms with Crippen LogP contribution in [-0.2, 0) is 26.2 Å². The van der Waals surface area contributed by atoms with Crippen LogP contribution in [0.3, 0.4) is 0 Å². The van der Waals surface area contributed by atoms with Crippen LogP contribution in [0.4, 0.5) is 0 Å². The Morgan fingerprint density at radius 1 is 1.16 bits per heavy atom. The average Bonchev–Trinajstić information content (AvgIpc) is 2.83. The maximum absolute atomic E-state index is 5.65. The second-order valence-electron chi connectivity index (χ2n) is 4.32. The third-order valence-corrected chi connectivity index (χ3v) is 3.18. The van der Waals surface area contributed by atoms with Crippen LogP contribution in [0.15, 0.2) is 46.6 Å². The van der Waals surface area contributed by atoms with Gasteiger partial charge >= 0.3 is 0 Å². The summed E-state index contributed by atoms with van der Waals surface area (Å²) in [5.41, 5.74) is 2.43. The van der Waals surface area contributed by atoms with Crippen molar-refractivity contribution in [1.29, 1.82) is 0 Å². The van der Waals surface area contributed by atoms with Crippen molar-refractivity contribution in [1.82, 2.24) is 0 Å². The normalized spacial score (nSPS) is 16.8. The Morgan fingerprint density at radius 3 is 2.47 bits per heavy atom. The van der Waals surface area contributed by atoms with Crippen LogP contribution in [-0.4, -0.2) is 0 Å². The van der Waals surface area contributed by atoms with Crippen molar-refractivity contribution in [3.8, 4) is 0 Å². The summed E-state index contributed by atoms with van der Waals surface area (Å²) in [5, 5.41) is 2.32. The van der Waals surface area contributed by atoms with Gasteiger partial charge < -0.3 is 4.42 Å². The van der Waals surface area contributed by atoms with Gasteiger partial charge in [0.1, 0.15) is 0 Å². The van der Waals surface area contributed by atoms with E-state index in [9.17, 15) is 0 Å². The summed E-state index contributed by atoms with van der Waals surface area (Å²) < 4.78 is 5.65. The molecule has 1 aromatic carbocycles. The van der Waals surface area contributed by atoms with E-state index < -0.39 is 0 Å². The zero-order valence-corrected chi connectivity index (χ0v) is 14.9. The predicted molar refractivity (Wildman–Crippen MR) is 80.3 cm³/mol. The summed E-state index contributed by atoms with van der Waals surface area (Å²) >= 11 is 0. The van der Waals surface area contributed by atoms with Crippen LogP contribution in [0, 0.1) is 12.0 Å². The fraction of sp³-hybridized carbons (Fsp3) is 0.200. The monoisotopic (exact) mass is 371 g/mol. The third kappa shape index (κ3) is 3.42. The van der Waals surface area contributed by atoms with Crippen molar-refractivity contribution < 1.29 is 30.6 Å². The van der Waals surface area contributed by atoms with E-state index in [1.807, 2.05) is 18.4 Å². The van der Waals surface area contributed by atoms with Gasteiger partial charge in [-0.05, 0) is 5.39 Å². The molecule has 19 heavy (non-hydrogen) atoms. The molecule has 0 radical (unpaired) electrons. The summed E-state index contributed by atoms with van der Waals surface area (Å²) in [7, 11) is 0. The molecule has 1 unspecified atom stereocenters. The summed E-state index contributed by atoms with van der Waals surface area (Å²) in [6.07, 6.45) is 7.40. The van der Waals surface area contributed by atoms with E-state index in [2.05, 4.69) is 38.1 Å². The average molecular weight is 373 g/mol. The quantitative estimate of drug-likeness (QED) is 0.637. The summed E-state index contributed by atoms with van der Waals surface area (Å²) in [6, 6.07) is 8.22. The van der Waals surface area contributed by atoms with Gasteiger partial charge in [-0.25, -0.2) is 0 Å². The van der Waals surface area contributed by atoms with Gasteiger partial charge in [-0.15, -0.1) is 30.4 Å². The Bertz CT molecular complexity index is 613. The number of hydrogen-bond donors (Lipinski definition) is 0. The zero-order valence-electron chi connectivity index (χ0n) is 10.8. The zero-order chi connectivity index (χ0) is 11.1. The summed E-state index contributed by atoms with van der Waals surface area (Å²) in [5.74, 6) is 1.35. The molecule has 3 rings (SSSR count). The van der Waals surface area contributed by atoms with Crippen molar-refractivity contribution >= 4 is 41.2 Å². The molecule has 1 heterocycles. The van der Waals surface area contributed by atoms with Gasteiger partial charge in [-0.3, -0.25) is 0 Å². The van der Waals surface area contributed by atoms with Crippen LogP contribution in [0.2, 0.25) is 0 Å². The molecule has 0 fully saturated rings. The first-order valence-electron chi connectivity index (χ1n) is 5.54. The maximum Gasteiger partial charge on any atom is 0.0803 e. The standard InChI is InChI=1S/C15H13O.2ClH.Zr/c1-10-7-13(8-11(10)2)15-14-6-4-3-5-12(14)9-16-15;;;/h3-7,9,11H,1-2H3;2*1H;/q-1;;;. The molecule has 1 nitrogen and oxygen atoms in total. The minimum absolute atomic E-state index is 0. The van der Waals surface area contributed by atoms with E-state index in [0.29, 0.717) is 5.92 Å². The number of benzene rings is 1. The van der Waals surface area contributed by atoms with Crippen molar-refractivity contribution in [2.24, 2.45) is 5.92 Å². The van der Waals surface area contributed by atoms with E-state index >= 15 is 0 Å². The molecule has 1 aliphatic carbocycles. The molecule has 0 amide bonds. The van der Waals surface area contributed by atoms with Crippen molar-refractivity contribution in [2.45, 2.75) is 13.8 Å². The van der Waals surface area contributed by atoms with Gasteiger partial charge in [0, 0.05) is 37.3 Å². The molecule has 100 valence electrons.